The first-order valence-electron chi connectivity index (χ1n) is 8.36. The van der Waals surface area contributed by atoms with Gasteiger partial charge in [0.05, 0.1) is 6.20 Å². The fourth-order valence-corrected chi connectivity index (χ4v) is 3.75. The molecule has 2 amide bonds. The summed E-state index contributed by atoms with van der Waals surface area (Å²) in [6.07, 6.45) is 5.11. The minimum absolute atomic E-state index is 0.0329. The number of aryl methyl sites for hydroxylation is 1. The van der Waals surface area contributed by atoms with E-state index in [4.69, 9.17) is 0 Å². The molecule has 0 aromatic carbocycles. The molecule has 8 heteroatoms. The van der Waals surface area contributed by atoms with Gasteiger partial charge in [0, 0.05) is 48.9 Å². The molecule has 2 aromatic heterocycles. The molecule has 7 nitrogen and oxygen atoms in total. The number of hydrogen-bond acceptors (Lipinski definition) is 5. The van der Waals surface area contributed by atoms with Crippen LogP contribution in [0.3, 0.4) is 0 Å². The summed E-state index contributed by atoms with van der Waals surface area (Å²) in [5, 5.41) is 14.0. The number of nitrogens with one attached hydrogen (secondary N) is 2. The van der Waals surface area contributed by atoms with Crippen molar-refractivity contribution in [1.82, 2.24) is 25.3 Å². The molecule has 25 heavy (non-hydrogen) atoms. The van der Waals surface area contributed by atoms with Crippen LogP contribution in [-0.4, -0.2) is 52.7 Å². The Bertz CT molecular complexity index is 719. The third-order valence-electron chi connectivity index (χ3n) is 4.52. The van der Waals surface area contributed by atoms with Crippen molar-refractivity contribution < 1.29 is 9.59 Å². The molecular weight excluding hydrogens is 338 g/mol. The molecule has 2 N–H and O–H groups in total. The summed E-state index contributed by atoms with van der Waals surface area (Å²) in [7, 11) is 3.62. The van der Waals surface area contributed by atoms with Gasteiger partial charge in [0.15, 0.2) is 0 Å². The van der Waals surface area contributed by atoms with E-state index in [0.29, 0.717) is 18.7 Å². The smallest absolute Gasteiger partial charge is 0.252 e. The SMILES string of the molecule is CNC(C(=O)N1CCC(NC(=O)c2ccsc2)CC1)c1cnn(C)c1. The molecule has 0 spiro atoms. The fourth-order valence-electron chi connectivity index (χ4n) is 3.11. The molecule has 1 aliphatic heterocycles. The number of nitrogens with zero attached hydrogens (tertiary/aromatic N) is 3. The number of piperidine rings is 1. The van der Waals surface area contributed by atoms with Crippen LogP contribution in [0.4, 0.5) is 0 Å². The van der Waals surface area contributed by atoms with Gasteiger partial charge in [0.1, 0.15) is 6.04 Å². The maximum absolute atomic E-state index is 12.8. The first-order chi connectivity index (χ1) is 12.1. The van der Waals surface area contributed by atoms with Crippen LogP contribution in [0.5, 0.6) is 0 Å². The summed E-state index contributed by atoms with van der Waals surface area (Å²) in [4.78, 5) is 26.8. The van der Waals surface area contributed by atoms with E-state index in [9.17, 15) is 9.59 Å². The van der Waals surface area contributed by atoms with Gasteiger partial charge in [-0.3, -0.25) is 14.3 Å². The Labute approximate surface area is 151 Å². The second kappa shape index (κ2) is 7.79. The average molecular weight is 361 g/mol. The number of carbonyl (C=O) groups is 2. The summed E-state index contributed by atoms with van der Waals surface area (Å²) >= 11 is 1.51. The predicted octanol–water partition coefficient (Wildman–Crippen LogP) is 1.16. The number of likely N-dealkylation sites (N-methyl/N-ethyl adjacent to an activating group) is 1. The zero-order valence-electron chi connectivity index (χ0n) is 14.4. The molecule has 1 saturated heterocycles. The molecule has 3 heterocycles. The summed E-state index contributed by atoms with van der Waals surface area (Å²) in [6.45, 7) is 1.29. The number of thiophene rings is 1. The Morgan fingerprint density at radius 2 is 2.12 bits per heavy atom. The lowest BCUT2D eigenvalue weighted by Gasteiger charge is -2.34. The van der Waals surface area contributed by atoms with E-state index in [2.05, 4.69) is 15.7 Å². The van der Waals surface area contributed by atoms with Crippen LogP contribution < -0.4 is 10.6 Å². The molecule has 3 rings (SSSR count). The van der Waals surface area contributed by atoms with Gasteiger partial charge in [0.25, 0.3) is 5.91 Å². The van der Waals surface area contributed by atoms with Crippen molar-refractivity contribution in [2.45, 2.75) is 24.9 Å². The van der Waals surface area contributed by atoms with Crippen LogP contribution in [0.1, 0.15) is 34.8 Å². The van der Waals surface area contributed by atoms with Crippen molar-refractivity contribution in [3.8, 4) is 0 Å². The minimum atomic E-state index is -0.384. The lowest BCUT2D eigenvalue weighted by molar-refractivity contribution is -0.134. The molecule has 2 aromatic rings. The van der Waals surface area contributed by atoms with E-state index >= 15 is 0 Å². The molecule has 0 saturated carbocycles. The van der Waals surface area contributed by atoms with Crippen molar-refractivity contribution in [2.24, 2.45) is 7.05 Å². The highest BCUT2D eigenvalue weighted by Gasteiger charge is 2.29. The lowest BCUT2D eigenvalue weighted by Crippen LogP contribution is -2.49. The summed E-state index contributed by atoms with van der Waals surface area (Å²) in [5.74, 6) is 0.0209. The van der Waals surface area contributed by atoms with Crippen LogP contribution in [0.2, 0.25) is 0 Å². The molecule has 0 radical (unpaired) electrons. The second-order valence-corrected chi connectivity index (χ2v) is 7.03. The molecule has 134 valence electrons. The Balaban J connectivity index is 1.54. The highest BCUT2D eigenvalue weighted by Crippen LogP contribution is 2.19. The normalized spacial score (nSPS) is 16.6. The number of hydrogen-bond donors (Lipinski definition) is 2. The second-order valence-electron chi connectivity index (χ2n) is 6.25. The van der Waals surface area contributed by atoms with Gasteiger partial charge in [-0.05, 0) is 31.3 Å². The molecule has 1 unspecified atom stereocenters. The molecule has 0 bridgehead atoms. The van der Waals surface area contributed by atoms with E-state index in [0.717, 1.165) is 18.4 Å². The Hall–Kier alpha value is -2.19. The van der Waals surface area contributed by atoms with Crippen LogP contribution in [-0.2, 0) is 11.8 Å². The summed E-state index contributed by atoms with van der Waals surface area (Å²) in [6, 6.07) is 1.55. The van der Waals surface area contributed by atoms with Crippen LogP contribution in [0.25, 0.3) is 0 Å². The van der Waals surface area contributed by atoms with Crippen LogP contribution in [0, 0.1) is 0 Å². The Kier molecular flexibility index (Phi) is 5.50. The standard InChI is InChI=1S/C17H23N5O2S/c1-18-15(13-9-19-21(2)10-13)17(24)22-6-3-14(4-7-22)20-16(23)12-5-8-25-11-12/h5,8-11,14-15,18H,3-4,6-7H2,1-2H3,(H,20,23). The first-order valence-corrected chi connectivity index (χ1v) is 9.30. The lowest BCUT2D eigenvalue weighted by atomic mass is 10.0. The number of likely N-dealkylation sites (tertiary alicyclic amines) is 1. The van der Waals surface area contributed by atoms with Crippen molar-refractivity contribution in [3.05, 3.63) is 40.3 Å². The number of rotatable bonds is 5. The third-order valence-corrected chi connectivity index (χ3v) is 5.20. The first kappa shape index (κ1) is 17.6. The van der Waals surface area contributed by atoms with Crippen molar-refractivity contribution in [1.29, 1.82) is 0 Å². The van der Waals surface area contributed by atoms with E-state index < -0.39 is 0 Å². The Morgan fingerprint density at radius 3 is 2.68 bits per heavy atom. The monoisotopic (exact) mass is 361 g/mol. The van der Waals surface area contributed by atoms with Gasteiger partial charge in [0.2, 0.25) is 5.91 Å². The van der Waals surface area contributed by atoms with Crippen molar-refractivity contribution in [2.75, 3.05) is 20.1 Å². The van der Waals surface area contributed by atoms with E-state index in [1.165, 1.54) is 11.3 Å². The maximum Gasteiger partial charge on any atom is 0.252 e. The fraction of sp³-hybridized carbons (Fsp3) is 0.471. The van der Waals surface area contributed by atoms with E-state index in [1.807, 2.05) is 35.0 Å². The highest BCUT2D eigenvalue weighted by molar-refractivity contribution is 7.08. The van der Waals surface area contributed by atoms with E-state index in [1.54, 1.807) is 17.9 Å². The zero-order chi connectivity index (χ0) is 17.8. The molecule has 1 atom stereocenters. The van der Waals surface area contributed by atoms with Gasteiger partial charge in [-0.2, -0.15) is 16.4 Å². The largest absolute Gasteiger partial charge is 0.349 e. The molecule has 0 aliphatic carbocycles. The van der Waals surface area contributed by atoms with Gasteiger partial charge >= 0.3 is 0 Å². The topological polar surface area (TPSA) is 79.3 Å². The highest BCUT2D eigenvalue weighted by atomic mass is 32.1. The minimum Gasteiger partial charge on any atom is -0.349 e. The third kappa shape index (κ3) is 4.08. The number of aromatic nitrogens is 2. The maximum atomic E-state index is 12.8. The summed E-state index contributed by atoms with van der Waals surface area (Å²) < 4.78 is 1.69. The van der Waals surface area contributed by atoms with Crippen molar-refractivity contribution >= 4 is 23.2 Å². The Morgan fingerprint density at radius 1 is 1.36 bits per heavy atom. The predicted molar refractivity (Wildman–Crippen MR) is 96.4 cm³/mol. The van der Waals surface area contributed by atoms with Gasteiger partial charge in [-0.15, -0.1) is 0 Å². The van der Waals surface area contributed by atoms with Gasteiger partial charge in [-0.25, -0.2) is 0 Å². The molecule has 1 fully saturated rings. The average Bonchev–Trinajstić information content (AvgIpc) is 3.28. The number of amides is 2. The quantitative estimate of drug-likeness (QED) is 0.838. The van der Waals surface area contributed by atoms with Gasteiger partial charge < -0.3 is 15.5 Å². The number of carbonyl (C=O) groups excluding carboxylic acids is 2. The molecular formula is C17H23N5O2S. The van der Waals surface area contributed by atoms with E-state index in [-0.39, 0.29) is 23.9 Å². The van der Waals surface area contributed by atoms with Crippen molar-refractivity contribution in [3.63, 3.8) is 0 Å². The van der Waals surface area contributed by atoms with Crippen LogP contribution >= 0.6 is 11.3 Å². The molecule has 1 aliphatic rings. The summed E-state index contributed by atoms with van der Waals surface area (Å²) in [5.41, 5.74) is 1.57. The zero-order valence-corrected chi connectivity index (χ0v) is 15.3. The van der Waals surface area contributed by atoms with Gasteiger partial charge in [-0.1, -0.05) is 0 Å². The van der Waals surface area contributed by atoms with Crippen LogP contribution in [0.15, 0.2) is 29.2 Å².